The monoisotopic (exact) mass is 336 g/mol. The Bertz CT molecular complexity index is 821. The number of ether oxygens (including phenoxy) is 1. The van der Waals surface area contributed by atoms with Crippen molar-refractivity contribution >= 4 is 27.4 Å². The Morgan fingerprint density at radius 2 is 1.87 bits per heavy atom. The lowest BCUT2D eigenvalue weighted by Crippen LogP contribution is -2.48. The van der Waals surface area contributed by atoms with E-state index in [1.54, 1.807) is 0 Å². The van der Waals surface area contributed by atoms with Gasteiger partial charge in [-0.05, 0) is 40.5 Å². The van der Waals surface area contributed by atoms with Crippen LogP contribution in [-0.2, 0) is 4.74 Å². The van der Waals surface area contributed by atoms with Crippen molar-refractivity contribution in [2.45, 2.75) is 51.6 Å². The summed E-state index contributed by atoms with van der Waals surface area (Å²) in [6.45, 7) is 8.69. The summed E-state index contributed by atoms with van der Waals surface area (Å²) in [5.41, 5.74) is -0.479. The minimum absolute atomic E-state index is 0.0519. The number of anilines is 1. The molecule has 0 saturated carbocycles. The maximum atomic E-state index is 11.9. The van der Waals surface area contributed by atoms with E-state index in [0.717, 1.165) is 24.0 Å². The number of hydrogen-bond donors (Lipinski definition) is 0. The van der Waals surface area contributed by atoms with E-state index in [-0.39, 0.29) is 16.8 Å². The number of methoxy groups -OCH3 is 1. The van der Waals surface area contributed by atoms with Gasteiger partial charge in [0.1, 0.15) is 0 Å². The van der Waals surface area contributed by atoms with Gasteiger partial charge in [-0.25, -0.2) is 4.79 Å². The second kappa shape index (κ2) is 5.02. The van der Waals surface area contributed by atoms with Gasteiger partial charge in [0.25, 0.3) is 5.56 Å². The van der Waals surface area contributed by atoms with Crippen LogP contribution in [0, 0.1) is 0 Å². The van der Waals surface area contributed by atoms with E-state index < -0.39 is 11.5 Å². The van der Waals surface area contributed by atoms with Crippen molar-refractivity contribution in [2.75, 3.05) is 12.0 Å². The fourth-order valence-electron chi connectivity index (χ4n) is 3.32. The molecule has 0 unspecified atom stereocenters. The zero-order valence-corrected chi connectivity index (χ0v) is 14.7. The number of aromatic nitrogens is 3. The molecule has 3 rings (SSSR count). The van der Waals surface area contributed by atoms with E-state index in [9.17, 15) is 9.59 Å². The third-order valence-corrected chi connectivity index (χ3v) is 5.28. The minimum atomic E-state index is -0.601. The molecule has 1 fully saturated rings. The second-order valence-corrected chi connectivity index (χ2v) is 7.94. The first-order valence-electron chi connectivity index (χ1n) is 7.45. The number of carbonyl (C=O) groups excluding carboxylic acids is 1. The van der Waals surface area contributed by atoms with Crippen LogP contribution in [0.4, 0.5) is 5.13 Å². The van der Waals surface area contributed by atoms with Crippen LogP contribution < -0.4 is 10.5 Å². The molecule has 1 aliphatic heterocycles. The summed E-state index contributed by atoms with van der Waals surface area (Å²) < 4.78 is 6.14. The molecule has 7 nitrogen and oxygen atoms in total. The maximum absolute atomic E-state index is 11.9. The van der Waals surface area contributed by atoms with E-state index in [2.05, 4.69) is 42.7 Å². The Balaban J connectivity index is 2.21. The molecule has 0 N–H and O–H groups in total. The van der Waals surface area contributed by atoms with Crippen molar-refractivity contribution in [2.24, 2.45) is 0 Å². The highest BCUT2D eigenvalue weighted by Crippen LogP contribution is 2.45. The van der Waals surface area contributed by atoms with Crippen LogP contribution in [0.1, 0.15) is 51.0 Å². The third-order valence-electron chi connectivity index (χ3n) is 4.39. The van der Waals surface area contributed by atoms with E-state index in [4.69, 9.17) is 4.74 Å². The molecule has 3 heterocycles. The average Bonchev–Trinajstić information content (AvgIpc) is 2.94. The van der Waals surface area contributed by atoms with Gasteiger partial charge in [-0.2, -0.15) is 9.50 Å². The molecule has 2 aromatic rings. The molecule has 0 amide bonds. The van der Waals surface area contributed by atoms with Crippen LogP contribution in [0.25, 0.3) is 4.96 Å². The highest BCUT2D eigenvalue weighted by atomic mass is 32.1. The van der Waals surface area contributed by atoms with Gasteiger partial charge in [-0.15, -0.1) is 5.10 Å². The summed E-state index contributed by atoms with van der Waals surface area (Å²) in [4.78, 5) is 30.3. The van der Waals surface area contributed by atoms with Gasteiger partial charge >= 0.3 is 5.97 Å². The van der Waals surface area contributed by atoms with Crippen LogP contribution in [-0.4, -0.2) is 38.8 Å². The molecule has 0 spiro atoms. The van der Waals surface area contributed by atoms with Crippen LogP contribution in [0.5, 0.6) is 0 Å². The van der Waals surface area contributed by atoms with Gasteiger partial charge in [0.2, 0.25) is 10.1 Å². The minimum Gasteiger partial charge on any atom is -0.464 e. The Labute approximate surface area is 137 Å². The lowest BCUT2D eigenvalue weighted by molar-refractivity contribution is 0.0590. The number of carbonyl (C=O) groups is 1. The molecule has 0 bridgehead atoms. The van der Waals surface area contributed by atoms with Gasteiger partial charge in [0.05, 0.1) is 7.11 Å². The van der Waals surface area contributed by atoms with E-state index in [1.165, 1.54) is 23.0 Å². The predicted molar refractivity (Wildman–Crippen MR) is 88.3 cm³/mol. The van der Waals surface area contributed by atoms with Crippen LogP contribution >= 0.6 is 11.3 Å². The first-order chi connectivity index (χ1) is 10.7. The quantitative estimate of drug-likeness (QED) is 0.782. The first-order valence-corrected chi connectivity index (χ1v) is 8.27. The van der Waals surface area contributed by atoms with Gasteiger partial charge in [0.15, 0.2) is 5.69 Å². The molecule has 0 radical (unpaired) electrons. The number of hydrogen-bond acceptors (Lipinski definition) is 7. The number of esters is 1. The van der Waals surface area contributed by atoms with Gasteiger partial charge in [-0.3, -0.25) is 4.79 Å². The van der Waals surface area contributed by atoms with Crippen LogP contribution in [0.2, 0.25) is 0 Å². The standard InChI is InChI=1S/C15H20N4O3S/c1-14(2)6-7-15(3,4)19(14)13-17-18-9(11(21)22-5)8-10(20)16-12(18)23-13/h8H,6-7H2,1-5H3. The van der Waals surface area contributed by atoms with Crippen molar-refractivity contribution in [3.8, 4) is 0 Å². The summed E-state index contributed by atoms with van der Waals surface area (Å²) in [6, 6.07) is 1.16. The second-order valence-electron chi connectivity index (χ2n) is 7.01. The molecule has 0 atom stereocenters. The van der Waals surface area contributed by atoms with E-state index in [1.807, 2.05) is 0 Å². The van der Waals surface area contributed by atoms with Gasteiger partial charge < -0.3 is 9.64 Å². The van der Waals surface area contributed by atoms with Crippen LogP contribution in [0.3, 0.4) is 0 Å². The van der Waals surface area contributed by atoms with E-state index in [0.29, 0.717) is 4.96 Å². The Morgan fingerprint density at radius 1 is 1.26 bits per heavy atom. The lowest BCUT2D eigenvalue weighted by Gasteiger charge is -2.40. The van der Waals surface area contributed by atoms with Crippen LogP contribution in [0.15, 0.2) is 10.9 Å². The SMILES string of the molecule is COC(=O)c1cc(=O)nc2sc(N3C(C)(C)CCC3(C)C)nn12. The van der Waals surface area contributed by atoms with Crippen molar-refractivity contribution in [3.05, 3.63) is 22.1 Å². The zero-order chi connectivity index (χ0) is 17.0. The fraction of sp³-hybridized carbons (Fsp3) is 0.600. The largest absolute Gasteiger partial charge is 0.464 e. The third kappa shape index (κ3) is 2.50. The van der Waals surface area contributed by atoms with E-state index >= 15 is 0 Å². The average molecular weight is 336 g/mol. The summed E-state index contributed by atoms with van der Waals surface area (Å²) >= 11 is 1.31. The molecule has 23 heavy (non-hydrogen) atoms. The van der Waals surface area contributed by atoms with Crippen molar-refractivity contribution in [3.63, 3.8) is 0 Å². The predicted octanol–water partition coefficient (Wildman–Crippen LogP) is 2.09. The number of rotatable bonds is 2. The summed E-state index contributed by atoms with van der Waals surface area (Å²) in [5.74, 6) is -0.601. The van der Waals surface area contributed by atoms with Crippen molar-refractivity contribution < 1.29 is 9.53 Å². The Hall–Kier alpha value is -1.96. The smallest absolute Gasteiger partial charge is 0.357 e. The summed E-state index contributed by atoms with van der Waals surface area (Å²) in [7, 11) is 1.28. The number of nitrogens with zero attached hydrogens (tertiary/aromatic N) is 4. The maximum Gasteiger partial charge on any atom is 0.357 e. The molecule has 0 aromatic carbocycles. The Kier molecular flexibility index (Phi) is 3.47. The molecular weight excluding hydrogens is 316 g/mol. The lowest BCUT2D eigenvalue weighted by atomic mass is 10.0. The van der Waals surface area contributed by atoms with Crippen molar-refractivity contribution in [1.82, 2.24) is 14.6 Å². The molecule has 0 aliphatic carbocycles. The highest BCUT2D eigenvalue weighted by Gasteiger charge is 2.46. The summed E-state index contributed by atoms with van der Waals surface area (Å²) in [6.07, 6.45) is 2.09. The topological polar surface area (TPSA) is 76.8 Å². The number of fused-ring (bicyclic) bond motifs is 1. The normalized spacial score (nSPS) is 19.3. The molecule has 8 heteroatoms. The van der Waals surface area contributed by atoms with Gasteiger partial charge in [-0.1, -0.05) is 11.3 Å². The Morgan fingerprint density at radius 3 is 2.43 bits per heavy atom. The summed E-state index contributed by atoms with van der Waals surface area (Å²) in [5, 5.41) is 5.31. The molecule has 1 aliphatic rings. The highest BCUT2D eigenvalue weighted by molar-refractivity contribution is 7.20. The molecule has 124 valence electrons. The fourth-order valence-corrected chi connectivity index (χ4v) is 4.55. The molecule has 2 aromatic heterocycles. The molecular formula is C15H20N4O3S. The zero-order valence-electron chi connectivity index (χ0n) is 13.9. The molecule has 1 saturated heterocycles. The first kappa shape index (κ1) is 15.9. The van der Waals surface area contributed by atoms with Gasteiger partial charge in [0, 0.05) is 17.1 Å². The van der Waals surface area contributed by atoms with Crippen molar-refractivity contribution in [1.29, 1.82) is 0 Å².